The van der Waals surface area contributed by atoms with E-state index in [1.54, 1.807) is 18.4 Å². The van der Waals surface area contributed by atoms with Crippen LogP contribution in [0.4, 0.5) is 4.39 Å². The van der Waals surface area contributed by atoms with E-state index in [9.17, 15) is 14.3 Å². The van der Waals surface area contributed by atoms with Gasteiger partial charge < -0.3 is 10.1 Å². The Hall–Kier alpha value is -1.46. The van der Waals surface area contributed by atoms with Crippen molar-refractivity contribution < 1.29 is 14.3 Å². The molecule has 5 heteroatoms. The number of halogens is 1. The van der Waals surface area contributed by atoms with Gasteiger partial charge in [-0.2, -0.15) is 0 Å². The molecule has 194 valence electrons. The van der Waals surface area contributed by atoms with Crippen molar-refractivity contribution in [1.29, 1.82) is 0 Å². The molecule has 4 nitrogen and oxygen atoms in total. The van der Waals surface area contributed by atoms with Crippen molar-refractivity contribution in [2.45, 2.75) is 91.1 Å². The zero-order valence-electron chi connectivity index (χ0n) is 22.1. The third kappa shape index (κ3) is 4.35. The lowest BCUT2D eigenvalue weighted by Crippen LogP contribution is -2.56. The molecule has 0 aliphatic heterocycles. The van der Waals surface area contributed by atoms with Crippen molar-refractivity contribution in [3.63, 3.8) is 0 Å². The fourth-order valence-electron chi connectivity index (χ4n) is 9.37. The second-order valence-electron chi connectivity index (χ2n) is 13.5. The van der Waals surface area contributed by atoms with Gasteiger partial charge in [0.15, 0.2) is 5.78 Å². The van der Waals surface area contributed by atoms with E-state index in [1.807, 2.05) is 13.8 Å². The standard InChI is InChI=1S/C30H45FN2O2/c1-19-15-22(31)7-5-20(19)17-33(32)18-27(34)26-10-9-24-23-8-6-21-16-28(2,35)13-14-29(21,3)25(23)11-12-30(24,26)4/h5,7,15,17,19,21,23-26,35H,6,8-14,16,18,32H2,1-4H3/b20-17-/t19?,21-,23-,24-,25-,26+,28+,29-,30?/m0/s1. The van der Waals surface area contributed by atoms with E-state index in [0.717, 1.165) is 50.0 Å². The summed E-state index contributed by atoms with van der Waals surface area (Å²) in [5.41, 5.74) is 0.838. The van der Waals surface area contributed by atoms with E-state index in [4.69, 9.17) is 5.84 Å². The topological polar surface area (TPSA) is 66.6 Å². The van der Waals surface area contributed by atoms with Crippen LogP contribution in [-0.2, 0) is 4.79 Å². The fourth-order valence-corrected chi connectivity index (χ4v) is 9.37. The lowest BCUT2D eigenvalue weighted by atomic mass is 9.44. The lowest BCUT2D eigenvalue weighted by molar-refractivity contribution is -0.151. The molecule has 4 fully saturated rings. The van der Waals surface area contributed by atoms with Gasteiger partial charge in [0.2, 0.25) is 0 Å². The van der Waals surface area contributed by atoms with Crippen LogP contribution in [0.2, 0.25) is 0 Å². The molecule has 2 unspecified atom stereocenters. The van der Waals surface area contributed by atoms with E-state index in [0.29, 0.717) is 23.2 Å². The number of hydrazine groups is 1. The number of rotatable bonds is 4. The zero-order valence-corrected chi connectivity index (χ0v) is 22.1. The highest BCUT2D eigenvalue weighted by molar-refractivity contribution is 5.84. The molecule has 3 N–H and O–H groups in total. The van der Waals surface area contributed by atoms with Crippen LogP contribution >= 0.6 is 0 Å². The molecular weight excluding hydrogens is 439 g/mol. The Labute approximate surface area is 210 Å². The quantitative estimate of drug-likeness (QED) is 0.375. The first-order valence-electron chi connectivity index (χ1n) is 14.0. The molecule has 35 heavy (non-hydrogen) atoms. The maximum absolute atomic E-state index is 13.5. The SMILES string of the molecule is CC1C=C(F)C=C/C1=C/N(N)CC(=O)[C@H]1CC[C@H]2[C@@H]3CC[C@H]4C[C@](C)(O)CC[C@]4(C)[C@H]3CCC12C. The van der Waals surface area contributed by atoms with Gasteiger partial charge in [-0.15, -0.1) is 0 Å². The van der Waals surface area contributed by atoms with Crippen LogP contribution in [0.5, 0.6) is 0 Å². The molecule has 5 rings (SSSR count). The minimum Gasteiger partial charge on any atom is -0.390 e. The molecule has 4 saturated carbocycles. The van der Waals surface area contributed by atoms with E-state index in [2.05, 4.69) is 13.8 Å². The summed E-state index contributed by atoms with van der Waals surface area (Å²) in [7, 11) is 0. The van der Waals surface area contributed by atoms with Crippen molar-refractivity contribution in [3.05, 3.63) is 35.8 Å². The Morgan fingerprint density at radius 2 is 1.83 bits per heavy atom. The summed E-state index contributed by atoms with van der Waals surface area (Å²) in [4.78, 5) is 13.5. The molecule has 0 aromatic heterocycles. The smallest absolute Gasteiger partial charge is 0.157 e. The summed E-state index contributed by atoms with van der Waals surface area (Å²) >= 11 is 0. The number of ketones is 1. The number of carbonyl (C=O) groups excluding carboxylic acids is 1. The molecule has 0 heterocycles. The third-order valence-electron chi connectivity index (χ3n) is 11.4. The minimum atomic E-state index is -0.496. The van der Waals surface area contributed by atoms with Gasteiger partial charge in [-0.05, 0) is 117 Å². The Kier molecular flexibility index (Phi) is 6.36. The third-order valence-corrected chi connectivity index (χ3v) is 11.4. The van der Waals surface area contributed by atoms with Crippen LogP contribution < -0.4 is 5.84 Å². The molecule has 0 bridgehead atoms. The molecule has 0 aromatic carbocycles. The maximum Gasteiger partial charge on any atom is 0.157 e. The normalized spacial score (nSPS) is 48.1. The van der Waals surface area contributed by atoms with Gasteiger partial charge in [-0.1, -0.05) is 26.8 Å². The first kappa shape index (κ1) is 25.2. The Balaban J connectivity index is 1.27. The van der Waals surface area contributed by atoms with Crippen LogP contribution in [0.1, 0.15) is 85.5 Å². The predicted octanol–water partition coefficient (Wildman–Crippen LogP) is 6.08. The summed E-state index contributed by atoms with van der Waals surface area (Å²) in [6.45, 7) is 9.09. The molecule has 0 amide bonds. The highest BCUT2D eigenvalue weighted by Gasteiger charge is 2.61. The molecule has 5 aliphatic carbocycles. The minimum absolute atomic E-state index is 0.0511. The molecule has 0 saturated heterocycles. The van der Waals surface area contributed by atoms with Gasteiger partial charge in [0.1, 0.15) is 5.83 Å². The number of aliphatic hydroxyl groups is 1. The number of fused-ring (bicyclic) bond motifs is 5. The first-order valence-corrected chi connectivity index (χ1v) is 14.0. The van der Waals surface area contributed by atoms with Crippen LogP contribution in [-0.4, -0.2) is 28.0 Å². The first-order chi connectivity index (χ1) is 16.4. The summed E-state index contributed by atoms with van der Waals surface area (Å²) in [6.07, 6.45) is 16.5. The van der Waals surface area contributed by atoms with Crippen LogP contribution in [0.15, 0.2) is 35.8 Å². The number of nitrogens with zero attached hydrogens (tertiary/aromatic N) is 1. The Bertz CT molecular complexity index is 954. The van der Waals surface area contributed by atoms with Crippen molar-refractivity contribution in [2.24, 2.45) is 52.2 Å². The van der Waals surface area contributed by atoms with E-state index >= 15 is 0 Å². The predicted molar refractivity (Wildman–Crippen MR) is 137 cm³/mol. The Morgan fingerprint density at radius 1 is 1.09 bits per heavy atom. The average Bonchev–Trinajstić information content (AvgIpc) is 3.13. The average molecular weight is 485 g/mol. The van der Waals surface area contributed by atoms with Crippen LogP contribution in [0.3, 0.4) is 0 Å². The fraction of sp³-hybridized carbons (Fsp3) is 0.767. The molecule has 9 atom stereocenters. The summed E-state index contributed by atoms with van der Waals surface area (Å²) in [5.74, 6) is 9.02. The largest absolute Gasteiger partial charge is 0.390 e. The summed E-state index contributed by atoms with van der Waals surface area (Å²) < 4.78 is 13.5. The number of carbonyl (C=O) groups is 1. The zero-order chi connectivity index (χ0) is 25.2. The molecule has 0 radical (unpaired) electrons. The van der Waals surface area contributed by atoms with Crippen molar-refractivity contribution in [3.8, 4) is 0 Å². The maximum atomic E-state index is 13.5. The van der Waals surface area contributed by atoms with Gasteiger partial charge >= 0.3 is 0 Å². The lowest BCUT2D eigenvalue weighted by Gasteiger charge is -2.61. The number of hydrogen-bond acceptors (Lipinski definition) is 4. The second kappa shape index (κ2) is 8.83. The van der Waals surface area contributed by atoms with E-state index in [-0.39, 0.29) is 35.4 Å². The van der Waals surface area contributed by atoms with Crippen LogP contribution in [0.25, 0.3) is 0 Å². The van der Waals surface area contributed by atoms with Gasteiger partial charge in [0, 0.05) is 18.0 Å². The number of Topliss-reactive ketones (excluding diaryl/α,β-unsaturated/α-hetero) is 1. The van der Waals surface area contributed by atoms with Crippen molar-refractivity contribution in [1.82, 2.24) is 5.01 Å². The highest BCUT2D eigenvalue weighted by atomic mass is 19.1. The summed E-state index contributed by atoms with van der Waals surface area (Å²) in [5, 5.41) is 12.2. The van der Waals surface area contributed by atoms with Crippen molar-refractivity contribution in [2.75, 3.05) is 6.54 Å². The number of nitrogens with two attached hydrogens (primary N) is 1. The second-order valence-corrected chi connectivity index (χ2v) is 13.5. The van der Waals surface area contributed by atoms with Gasteiger partial charge in [-0.3, -0.25) is 4.79 Å². The van der Waals surface area contributed by atoms with E-state index in [1.165, 1.54) is 30.3 Å². The van der Waals surface area contributed by atoms with E-state index < -0.39 is 5.60 Å². The Morgan fingerprint density at radius 3 is 2.57 bits per heavy atom. The van der Waals surface area contributed by atoms with Gasteiger partial charge in [-0.25, -0.2) is 10.2 Å². The van der Waals surface area contributed by atoms with Gasteiger partial charge in [0.05, 0.1) is 12.1 Å². The number of allylic oxidation sites excluding steroid dienone is 5. The van der Waals surface area contributed by atoms with Crippen molar-refractivity contribution >= 4 is 5.78 Å². The molecule has 0 spiro atoms. The number of hydrogen-bond donors (Lipinski definition) is 2. The van der Waals surface area contributed by atoms with Gasteiger partial charge in [0.25, 0.3) is 0 Å². The summed E-state index contributed by atoms with van der Waals surface area (Å²) in [6, 6.07) is 0. The molecule has 5 aliphatic rings. The molecule has 0 aromatic rings. The molecular formula is C30H45FN2O2. The van der Waals surface area contributed by atoms with Crippen LogP contribution in [0, 0.1) is 46.3 Å². The highest BCUT2D eigenvalue weighted by Crippen LogP contribution is 2.68. The monoisotopic (exact) mass is 484 g/mol.